The van der Waals surface area contributed by atoms with E-state index in [1.165, 1.54) is 6.42 Å². The number of pyridine rings is 1. The molecule has 29 heavy (non-hydrogen) atoms. The number of amides is 2. The fraction of sp³-hybridized carbons (Fsp3) is 0.318. The minimum Gasteiger partial charge on any atom is -0.348 e. The number of carbonyl (C=O) groups is 2. The fourth-order valence-corrected chi connectivity index (χ4v) is 3.86. The number of halogens is 1. The van der Waals surface area contributed by atoms with Crippen LogP contribution in [0, 0.1) is 6.92 Å². The third kappa shape index (κ3) is 4.27. The second-order valence-corrected chi connectivity index (χ2v) is 7.95. The second kappa shape index (κ2) is 8.25. The van der Waals surface area contributed by atoms with Gasteiger partial charge in [-0.2, -0.15) is 0 Å². The topological polar surface area (TPSA) is 75.5 Å². The van der Waals surface area contributed by atoms with Crippen molar-refractivity contribution in [2.45, 2.75) is 45.1 Å². The molecule has 4 rings (SSSR count). The molecule has 2 aromatic heterocycles. The van der Waals surface area contributed by atoms with Crippen molar-refractivity contribution in [2.24, 2.45) is 0 Å². The lowest BCUT2D eigenvalue weighted by Gasteiger charge is -2.22. The lowest BCUT2D eigenvalue weighted by Crippen LogP contribution is -2.37. The quantitative estimate of drug-likeness (QED) is 0.659. The zero-order valence-corrected chi connectivity index (χ0v) is 17.0. The van der Waals surface area contributed by atoms with Crippen molar-refractivity contribution in [1.29, 1.82) is 0 Å². The Labute approximate surface area is 174 Å². The van der Waals surface area contributed by atoms with Crippen molar-refractivity contribution < 1.29 is 9.59 Å². The van der Waals surface area contributed by atoms with Gasteiger partial charge in [-0.3, -0.25) is 14.0 Å². The summed E-state index contributed by atoms with van der Waals surface area (Å²) in [6.45, 7) is 1.95. The molecule has 1 aliphatic carbocycles. The summed E-state index contributed by atoms with van der Waals surface area (Å²) in [4.78, 5) is 30.3. The van der Waals surface area contributed by atoms with Crippen LogP contribution in [0.4, 0.5) is 5.82 Å². The maximum Gasteiger partial charge on any atom is 0.272 e. The van der Waals surface area contributed by atoms with Crippen LogP contribution in [0.1, 0.15) is 58.5 Å². The molecule has 0 bridgehead atoms. The predicted molar refractivity (Wildman–Crippen MR) is 114 cm³/mol. The van der Waals surface area contributed by atoms with Crippen LogP contribution in [0.25, 0.3) is 5.65 Å². The van der Waals surface area contributed by atoms with Crippen molar-refractivity contribution >= 4 is 34.9 Å². The van der Waals surface area contributed by atoms with Crippen LogP contribution < -0.4 is 10.6 Å². The number of hydrogen-bond donors (Lipinski definition) is 2. The van der Waals surface area contributed by atoms with E-state index < -0.39 is 0 Å². The Kier molecular flexibility index (Phi) is 5.53. The SMILES string of the molecule is Cc1ccc2nc(NC(=O)c3ccc(Cl)cc3)c(C(=O)NC3CCCCC3)n2c1. The van der Waals surface area contributed by atoms with Gasteiger partial charge in [0.25, 0.3) is 11.8 Å². The largest absolute Gasteiger partial charge is 0.348 e. The number of carbonyl (C=O) groups excluding carboxylic acids is 2. The van der Waals surface area contributed by atoms with Crippen molar-refractivity contribution in [3.05, 3.63) is 64.4 Å². The van der Waals surface area contributed by atoms with Gasteiger partial charge in [-0.15, -0.1) is 0 Å². The summed E-state index contributed by atoms with van der Waals surface area (Å²) < 4.78 is 1.74. The molecule has 3 aromatic rings. The molecule has 0 unspecified atom stereocenters. The van der Waals surface area contributed by atoms with Crippen LogP contribution in [0.5, 0.6) is 0 Å². The number of nitrogens with zero attached hydrogens (tertiary/aromatic N) is 2. The predicted octanol–water partition coefficient (Wildman–Crippen LogP) is 4.61. The molecule has 0 atom stereocenters. The van der Waals surface area contributed by atoms with Gasteiger partial charge < -0.3 is 10.6 Å². The number of anilines is 1. The molecule has 0 aliphatic heterocycles. The summed E-state index contributed by atoms with van der Waals surface area (Å²) >= 11 is 5.90. The van der Waals surface area contributed by atoms with Crippen LogP contribution in [0.3, 0.4) is 0 Å². The van der Waals surface area contributed by atoms with E-state index in [-0.39, 0.29) is 23.7 Å². The van der Waals surface area contributed by atoms with E-state index in [1.54, 1.807) is 28.7 Å². The highest BCUT2D eigenvalue weighted by Gasteiger charge is 2.24. The lowest BCUT2D eigenvalue weighted by atomic mass is 9.95. The zero-order valence-electron chi connectivity index (χ0n) is 16.2. The molecular weight excluding hydrogens is 388 g/mol. The smallest absolute Gasteiger partial charge is 0.272 e. The maximum absolute atomic E-state index is 13.1. The average molecular weight is 411 g/mol. The fourth-order valence-electron chi connectivity index (χ4n) is 3.74. The van der Waals surface area contributed by atoms with E-state index in [4.69, 9.17) is 11.6 Å². The van der Waals surface area contributed by atoms with Crippen molar-refractivity contribution in [2.75, 3.05) is 5.32 Å². The summed E-state index contributed by atoms with van der Waals surface area (Å²) in [5.74, 6) is -0.307. The number of rotatable bonds is 4. The number of aromatic nitrogens is 2. The Balaban J connectivity index is 1.67. The number of benzene rings is 1. The Morgan fingerprint density at radius 1 is 1.03 bits per heavy atom. The Morgan fingerprint density at radius 2 is 1.76 bits per heavy atom. The Morgan fingerprint density at radius 3 is 2.48 bits per heavy atom. The van der Waals surface area contributed by atoms with Crippen LogP contribution in [0.2, 0.25) is 5.02 Å². The minimum absolute atomic E-state index is 0.159. The van der Waals surface area contributed by atoms with Crippen molar-refractivity contribution in [3.8, 4) is 0 Å². The lowest BCUT2D eigenvalue weighted by molar-refractivity contribution is 0.0922. The molecule has 1 saturated carbocycles. The van der Waals surface area contributed by atoms with Gasteiger partial charge in [-0.05, 0) is 55.7 Å². The third-order valence-electron chi connectivity index (χ3n) is 5.26. The van der Waals surface area contributed by atoms with E-state index in [0.29, 0.717) is 21.9 Å². The Hall–Kier alpha value is -2.86. The molecule has 6 nitrogen and oxygen atoms in total. The number of nitrogens with one attached hydrogen (secondary N) is 2. The molecule has 0 saturated heterocycles. The molecule has 2 heterocycles. The van der Waals surface area contributed by atoms with Gasteiger partial charge in [0.1, 0.15) is 5.65 Å². The zero-order chi connectivity index (χ0) is 20.4. The maximum atomic E-state index is 13.1. The van der Waals surface area contributed by atoms with E-state index >= 15 is 0 Å². The van der Waals surface area contributed by atoms with E-state index in [1.807, 2.05) is 25.3 Å². The normalized spacial score (nSPS) is 14.7. The second-order valence-electron chi connectivity index (χ2n) is 7.51. The van der Waals surface area contributed by atoms with E-state index in [2.05, 4.69) is 15.6 Å². The number of imidazole rings is 1. The Bertz CT molecular complexity index is 1050. The van der Waals surface area contributed by atoms with Gasteiger partial charge in [0.05, 0.1) is 0 Å². The first-order valence-corrected chi connectivity index (χ1v) is 10.3. The summed E-state index contributed by atoms with van der Waals surface area (Å²) in [7, 11) is 0. The van der Waals surface area contributed by atoms with E-state index in [9.17, 15) is 9.59 Å². The van der Waals surface area contributed by atoms with Crippen LogP contribution in [-0.2, 0) is 0 Å². The first kappa shape index (κ1) is 19.5. The van der Waals surface area contributed by atoms with Crippen LogP contribution in [-0.4, -0.2) is 27.2 Å². The number of hydrogen-bond acceptors (Lipinski definition) is 3. The highest BCUT2D eigenvalue weighted by Crippen LogP contribution is 2.22. The summed E-state index contributed by atoms with van der Waals surface area (Å²) in [5, 5.41) is 6.48. The molecule has 150 valence electrons. The standard InChI is InChI=1S/C22H23ClN4O2/c1-14-7-12-18-25-20(26-21(28)15-8-10-16(23)11-9-15)19(27(18)13-14)22(29)24-17-5-3-2-4-6-17/h7-13,17H,2-6H2,1H3,(H,24,29)(H,26,28). The minimum atomic E-state index is -0.339. The van der Waals surface area contributed by atoms with Crippen molar-refractivity contribution in [1.82, 2.24) is 14.7 Å². The molecule has 1 aliphatic rings. The van der Waals surface area contributed by atoms with Gasteiger partial charge in [0.15, 0.2) is 11.5 Å². The highest BCUT2D eigenvalue weighted by molar-refractivity contribution is 6.30. The van der Waals surface area contributed by atoms with Gasteiger partial charge in [0, 0.05) is 22.8 Å². The summed E-state index contributed by atoms with van der Waals surface area (Å²) in [5.41, 5.74) is 2.39. The molecular formula is C22H23ClN4O2. The van der Waals surface area contributed by atoms with Gasteiger partial charge in [-0.25, -0.2) is 4.98 Å². The monoisotopic (exact) mass is 410 g/mol. The molecule has 2 N–H and O–H groups in total. The molecule has 1 aromatic carbocycles. The molecule has 0 spiro atoms. The van der Waals surface area contributed by atoms with Crippen molar-refractivity contribution in [3.63, 3.8) is 0 Å². The molecule has 7 heteroatoms. The first-order valence-electron chi connectivity index (χ1n) is 9.88. The molecule has 0 radical (unpaired) electrons. The van der Waals surface area contributed by atoms with E-state index in [0.717, 1.165) is 31.2 Å². The van der Waals surface area contributed by atoms with Gasteiger partial charge in [0.2, 0.25) is 0 Å². The van der Waals surface area contributed by atoms with Gasteiger partial charge >= 0.3 is 0 Å². The molecule has 2 amide bonds. The molecule has 1 fully saturated rings. The highest BCUT2D eigenvalue weighted by atomic mass is 35.5. The van der Waals surface area contributed by atoms with Crippen LogP contribution in [0.15, 0.2) is 42.6 Å². The van der Waals surface area contributed by atoms with Gasteiger partial charge in [-0.1, -0.05) is 36.9 Å². The third-order valence-corrected chi connectivity index (χ3v) is 5.51. The number of fused-ring (bicyclic) bond motifs is 1. The summed E-state index contributed by atoms with van der Waals surface area (Å²) in [6.07, 6.45) is 7.27. The van der Waals surface area contributed by atoms with Crippen LogP contribution >= 0.6 is 11.6 Å². The number of aryl methyl sites for hydroxylation is 1. The first-order chi connectivity index (χ1) is 14.0. The average Bonchev–Trinajstić information content (AvgIpc) is 3.06. The summed E-state index contributed by atoms with van der Waals surface area (Å²) in [6, 6.07) is 10.5.